The van der Waals surface area contributed by atoms with E-state index in [2.05, 4.69) is 0 Å². The van der Waals surface area contributed by atoms with Gasteiger partial charge in [-0.15, -0.1) is 0 Å². The minimum absolute atomic E-state index is 0.0964. The van der Waals surface area contributed by atoms with Crippen molar-refractivity contribution in [3.63, 3.8) is 0 Å². The summed E-state index contributed by atoms with van der Waals surface area (Å²) in [5, 5.41) is 21.2. The first-order valence-electron chi connectivity index (χ1n) is 5.01. The van der Waals surface area contributed by atoms with Gasteiger partial charge in [0, 0.05) is 11.6 Å². The fraction of sp³-hybridized carbons (Fsp3) is 0. The van der Waals surface area contributed by atoms with Crippen LogP contribution in [-0.2, 0) is 0 Å². The van der Waals surface area contributed by atoms with Crippen LogP contribution in [0.3, 0.4) is 0 Å². The monoisotopic (exact) mass is 231 g/mol. The van der Waals surface area contributed by atoms with Gasteiger partial charge in [0.05, 0.1) is 0 Å². The third-order valence-electron chi connectivity index (χ3n) is 2.26. The third kappa shape index (κ3) is 2.60. The fourth-order valence-electron chi connectivity index (χ4n) is 1.40. The standard InChI is InChI=1S/C13H10FNO2/c14-11-7-5-10(6-8-11)9-15(17)12-3-1-2-4-13(12)16/h1-9,16H. The summed E-state index contributed by atoms with van der Waals surface area (Å²) < 4.78 is 13.2. The Morgan fingerprint density at radius 1 is 1.06 bits per heavy atom. The smallest absolute Gasteiger partial charge is 0.258 e. The maximum atomic E-state index is 12.7. The quantitative estimate of drug-likeness (QED) is 0.374. The van der Waals surface area contributed by atoms with Crippen LogP contribution in [-0.4, -0.2) is 16.1 Å². The van der Waals surface area contributed by atoms with Crippen molar-refractivity contribution in [3.05, 3.63) is 65.1 Å². The van der Waals surface area contributed by atoms with Crippen LogP contribution in [0.5, 0.6) is 5.75 Å². The predicted molar refractivity (Wildman–Crippen MR) is 63.0 cm³/mol. The molecule has 0 heterocycles. The molecule has 0 amide bonds. The zero-order valence-electron chi connectivity index (χ0n) is 8.88. The zero-order chi connectivity index (χ0) is 12.3. The number of benzene rings is 2. The molecule has 1 N–H and O–H groups in total. The molecule has 86 valence electrons. The van der Waals surface area contributed by atoms with E-state index >= 15 is 0 Å². The molecular weight excluding hydrogens is 221 g/mol. The van der Waals surface area contributed by atoms with E-state index < -0.39 is 0 Å². The second-order valence-electron chi connectivity index (χ2n) is 3.50. The maximum absolute atomic E-state index is 12.7. The van der Waals surface area contributed by atoms with Crippen molar-refractivity contribution in [2.24, 2.45) is 0 Å². The van der Waals surface area contributed by atoms with E-state index in [1.54, 1.807) is 12.1 Å². The summed E-state index contributed by atoms with van der Waals surface area (Å²) in [5.74, 6) is -0.456. The lowest BCUT2D eigenvalue weighted by Crippen LogP contribution is -1.98. The number of rotatable bonds is 2. The number of aromatic hydroxyl groups is 1. The highest BCUT2D eigenvalue weighted by Gasteiger charge is 2.07. The first-order chi connectivity index (χ1) is 8.16. The van der Waals surface area contributed by atoms with Gasteiger partial charge < -0.3 is 10.3 Å². The van der Waals surface area contributed by atoms with E-state index in [9.17, 15) is 14.7 Å². The molecular formula is C13H10FNO2. The predicted octanol–water partition coefficient (Wildman–Crippen LogP) is 2.79. The SMILES string of the molecule is [O-][N+](=Cc1ccc(F)cc1)c1ccccc1O. The fourth-order valence-corrected chi connectivity index (χ4v) is 1.40. The summed E-state index contributed by atoms with van der Waals surface area (Å²) in [6.45, 7) is 0. The molecule has 0 aliphatic heterocycles. The number of nitrogens with zero attached hydrogens (tertiary/aromatic N) is 1. The summed E-state index contributed by atoms with van der Waals surface area (Å²) in [6, 6.07) is 11.7. The molecule has 0 fully saturated rings. The van der Waals surface area contributed by atoms with E-state index in [0.29, 0.717) is 10.3 Å². The van der Waals surface area contributed by atoms with E-state index in [4.69, 9.17) is 0 Å². The highest BCUT2D eigenvalue weighted by Crippen LogP contribution is 2.23. The second kappa shape index (κ2) is 4.65. The Morgan fingerprint density at radius 2 is 1.71 bits per heavy atom. The van der Waals surface area contributed by atoms with E-state index in [0.717, 1.165) is 0 Å². The topological polar surface area (TPSA) is 46.3 Å². The van der Waals surface area contributed by atoms with Crippen LogP contribution >= 0.6 is 0 Å². The maximum Gasteiger partial charge on any atom is 0.258 e. The molecule has 0 saturated heterocycles. The van der Waals surface area contributed by atoms with Gasteiger partial charge in [0.1, 0.15) is 5.82 Å². The Hall–Kier alpha value is -2.36. The number of halogens is 1. The van der Waals surface area contributed by atoms with Crippen molar-refractivity contribution in [2.75, 3.05) is 0 Å². The summed E-state index contributed by atoms with van der Waals surface area (Å²) in [5.41, 5.74) is 0.710. The van der Waals surface area contributed by atoms with E-state index in [1.165, 1.54) is 42.6 Å². The van der Waals surface area contributed by atoms with Gasteiger partial charge in [0.15, 0.2) is 12.0 Å². The van der Waals surface area contributed by atoms with Gasteiger partial charge in [-0.1, -0.05) is 12.1 Å². The molecule has 0 bridgehead atoms. The molecule has 2 aromatic carbocycles. The van der Waals surface area contributed by atoms with Gasteiger partial charge in [0.25, 0.3) is 5.69 Å². The Balaban J connectivity index is 2.34. The first-order valence-corrected chi connectivity index (χ1v) is 5.01. The van der Waals surface area contributed by atoms with E-state index in [1.807, 2.05) is 0 Å². The number of phenolic OH excluding ortho intramolecular Hbond substituents is 1. The molecule has 0 unspecified atom stereocenters. The highest BCUT2D eigenvalue weighted by molar-refractivity contribution is 5.76. The van der Waals surface area contributed by atoms with Gasteiger partial charge >= 0.3 is 0 Å². The summed E-state index contributed by atoms with van der Waals surface area (Å²) in [7, 11) is 0. The lowest BCUT2D eigenvalue weighted by Gasteiger charge is -2.04. The van der Waals surface area contributed by atoms with E-state index in [-0.39, 0.29) is 17.3 Å². The van der Waals surface area contributed by atoms with Gasteiger partial charge in [-0.3, -0.25) is 0 Å². The highest BCUT2D eigenvalue weighted by atomic mass is 19.1. The van der Waals surface area contributed by atoms with Gasteiger partial charge in [-0.25, -0.2) is 4.39 Å². The summed E-state index contributed by atoms with van der Waals surface area (Å²) in [4.78, 5) is 0. The molecule has 0 aromatic heterocycles. The minimum Gasteiger partial charge on any atom is -0.618 e. The number of para-hydroxylation sites is 2. The van der Waals surface area contributed by atoms with Crippen molar-refractivity contribution >= 4 is 11.9 Å². The van der Waals surface area contributed by atoms with Crippen LogP contribution in [0.4, 0.5) is 10.1 Å². The molecule has 2 rings (SSSR count). The molecule has 0 spiro atoms. The lowest BCUT2D eigenvalue weighted by atomic mass is 10.2. The lowest BCUT2D eigenvalue weighted by molar-refractivity contribution is -0.355. The summed E-state index contributed by atoms with van der Waals surface area (Å²) >= 11 is 0. The van der Waals surface area contributed by atoms with Gasteiger partial charge in [-0.2, -0.15) is 4.74 Å². The van der Waals surface area contributed by atoms with Crippen molar-refractivity contribution in [1.82, 2.24) is 0 Å². The minimum atomic E-state index is -0.359. The molecule has 3 nitrogen and oxygen atoms in total. The molecule has 0 aliphatic carbocycles. The van der Waals surface area contributed by atoms with Gasteiger partial charge in [-0.05, 0) is 30.3 Å². The van der Waals surface area contributed by atoms with Crippen molar-refractivity contribution in [2.45, 2.75) is 0 Å². The number of phenols is 1. The Labute approximate surface area is 97.7 Å². The molecule has 2 aromatic rings. The van der Waals surface area contributed by atoms with Crippen molar-refractivity contribution in [1.29, 1.82) is 0 Å². The van der Waals surface area contributed by atoms with Crippen LogP contribution < -0.4 is 0 Å². The van der Waals surface area contributed by atoms with Crippen LogP contribution in [0.2, 0.25) is 0 Å². The van der Waals surface area contributed by atoms with Crippen LogP contribution in [0.15, 0.2) is 48.5 Å². The van der Waals surface area contributed by atoms with Crippen molar-refractivity contribution < 1.29 is 14.2 Å². The Bertz CT molecular complexity index is 550. The molecule has 4 heteroatoms. The molecule has 0 saturated carbocycles. The Kier molecular flexibility index (Phi) is 3.05. The average Bonchev–Trinajstić information content (AvgIpc) is 2.32. The van der Waals surface area contributed by atoms with Crippen LogP contribution in [0.25, 0.3) is 0 Å². The average molecular weight is 231 g/mol. The normalized spacial score (nSPS) is 11.5. The molecule has 0 atom stereocenters. The molecule has 0 aliphatic rings. The largest absolute Gasteiger partial charge is 0.618 e. The van der Waals surface area contributed by atoms with Crippen LogP contribution in [0, 0.1) is 11.0 Å². The molecule has 0 radical (unpaired) electrons. The molecule has 17 heavy (non-hydrogen) atoms. The third-order valence-corrected chi connectivity index (χ3v) is 2.26. The number of hydrogen-bond donors (Lipinski definition) is 1. The van der Waals surface area contributed by atoms with Crippen molar-refractivity contribution in [3.8, 4) is 5.75 Å². The number of hydrogen-bond acceptors (Lipinski definition) is 2. The summed E-state index contributed by atoms with van der Waals surface area (Å²) in [6.07, 6.45) is 1.27. The van der Waals surface area contributed by atoms with Gasteiger partial charge in [0.2, 0.25) is 0 Å². The van der Waals surface area contributed by atoms with Crippen LogP contribution in [0.1, 0.15) is 5.56 Å². The Morgan fingerprint density at radius 3 is 2.35 bits per heavy atom. The second-order valence-corrected chi connectivity index (χ2v) is 3.50. The first kappa shape index (κ1) is 11.1. The zero-order valence-corrected chi connectivity index (χ0v) is 8.88.